The van der Waals surface area contributed by atoms with Crippen LogP contribution in [0, 0.1) is 5.92 Å². The SMILES string of the molecule is C[C@@H](N)C(=O)NCCS(=O)(=O)CC1CC1. The number of carbonyl (C=O) groups is 1. The zero-order chi connectivity index (χ0) is 11.5. The largest absolute Gasteiger partial charge is 0.354 e. The van der Waals surface area contributed by atoms with Gasteiger partial charge >= 0.3 is 0 Å². The molecule has 3 N–H and O–H groups in total. The molecule has 0 aliphatic heterocycles. The lowest BCUT2D eigenvalue weighted by molar-refractivity contribution is -0.121. The monoisotopic (exact) mass is 234 g/mol. The van der Waals surface area contributed by atoms with Gasteiger partial charge in [0.2, 0.25) is 5.91 Å². The molecule has 1 aliphatic carbocycles. The van der Waals surface area contributed by atoms with Gasteiger partial charge in [0.1, 0.15) is 0 Å². The summed E-state index contributed by atoms with van der Waals surface area (Å²) in [5.74, 6) is 0.332. The molecule has 0 aromatic heterocycles. The fraction of sp³-hybridized carbons (Fsp3) is 0.889. The summed E-state index contributed by atoms with van der Waals surface area (Å²) in [6, 6.07) is -0.587. The third kappa shape index (κ3) is 5.13. The molecule has 0 aromatic carbocycles. The van der Waals surface area contributed by atoms with Gasteiger partial charge in [-0.3, -0.25) is 4.79 Å². The van der Waals surface area contributed by atoms with Crippen molar-refractivity contribution in [2.75, 3.05) is 18.1 Å². The average molecular weight is 234 g/mol. The van der Waals surface area contributed by atoms with E-state index in [4.69, 9.17) is 5.73 Å². The second-order valence-electron chi connectivity index (χ2n) is 4.14. The lowest BCUT2D eigenvalue weighted by atomic mass is 10.3. The molecule has 0 aromatic rings. The van der Waals surface area contributed by atoms with E-state index in [9.17, 15) is 13.2 Å². The topological polar surface area (TPSA) is 89.3 Å². The molecule has 1 aliphatic rings. The van der Waals surface area contributed by atoms with Gasteiger partial charge < -0.3 is 11.1 Å². The van der Waals surface area contributed by atoms with Crippen LogP contribution in [-0.4, -0.2) is 38.4 Å². The van der Waals surface area contributed by atoms with Crippen LogP contribution in [0.1, 0.15) is 19.8 Å². The Kier molecular flexibility index (Phi) is 4.10. The summed E-state index contributed by atoms with van der Waals surface area (Å²) >= 11 is 0. The van der Waals surface area contributed by atoms with Crippen LogP contribution in [-0.2, 0) is 14.6 Å². The highest BCUT2D eigenvalue weighted by molar-refractivity contribution is 7.91. The van der Waals surface area contributed by atoms with E-state index in [0.717, 1.165) is 12.8 Å². The molecule has 1 amide bonds. The molecule has 1 rings (SSSR count). The van der Waals surface area contributed by atoms with Crippen LogP contribution in [0.25, 0.3) is 0 Å². The Hall–Kier alpha value is -0.620. The minimum atomic E-state index is -3.00. The van der Waals surface area contributed by atoms with E-state index in [1.54, 1.807) is 6.92 Å². The minimum Gasteiger partial charge on any atom is -0.354 e. The summed E-state index contributed by atoms with van der Waals surface area (Å²) in [6.07, 6.45) is 2.04. The smallest absolute Gasteiger partial charge is 0.236 e. The van der Waals surface area contributed by atoms with Crippen LogP contribution in [0.3, 0.4) is 0 Å². The summed E-state index contributed by atoms with van der Waals surface area (Å²) in [7, 11) is -3.00. The van der Waals surface area contributed by atoms with Gasteiger partial charge in [-0.05, 0) is 25.7 Å². The maximum atomic E-state index is 11.4. The van der Waals surface area contributed by atoms with Crippen molar-refractivity contribution < 1.29 is 13.2 Å². The molecular weight excluding hydrogens is 216 g/mol. The van der Waals surface area contributed by atoms with E-state index in [-0.39, 0.29) is 24.0 Å². The van der Waals surface area contributed by atoms with Crippen molar-refractivity contribution in [3.05, 3.63) is 0 Å². The van der Waals surface area contributed by atoms with Gasteiger partial charge in [0, 0.05) is 6.54 Å². The Bertz CT molecular complexity index is 320. The molecule has 0 heterocycles. The first-order chi connectivity index (χ1) is 6.91. The van der Waals surface area contributed by atoms with Gasteiger partial charge in [0.05, 0.1) is 17.5 Å². The number of hydrogen-bond acceptors (Lipinski definition) is 4. The fourth-order valence-electron chi connectivity index (χ4n) is 1.22. The van der Waals surface area contributed by atoms with E-state index in [2.05, 4.69) is 5.32 Å². The molecule has 1 fully saturated rings. The lowest BCUT2D eigenvalue weighted by Crippen LogP contribution is -2.40. The van der Waals surface area contributed by atoms with Crippen molar-refractivity contribution in [3.63, 3.8) is 0 Å². The molecule has 0 unspecified atom stereocenters. The number of nitrogens with two attached hydrogens (primary N) is 1. The standard InChI is InChI=1S/C9H18N2O3S/c1-7(10)9(12)11-4-5-15(13,14)6-8-2-3-8/h7-8H,2-6,10H2,1H3,(H,11,12)/t7-/m1/s1. The second kappa shape index (κ2) is 4.94. The van der Waals surface area contributed by atoms with Crippen LogP contribution in [0.2, 0.25) is 0 Å². The Balaban J connectivity index is 2.20. The first-order valence-corrected chi connectivity index (χ1v) is 6.96. The maximum Gasteiger partial charge on any atom is 0.236 e. The quantitative estimate of drug-likeness (QED) is 0.634. The van der Waals surface area contributed by atoms with E-state index in [0.29, 0.717) is 5.92 Å². The molecule has 6 heteroatoms. The van der Waals surface area contributed by atoms with Gasteiger partial charge in [0.15, 0.2) is 9.84 Å². The minimum absolute atomic E-state index is 0.0158. The number of rotatable bonds is 6. The number of amides is 1. The number of carbonyl (C=O) groups excluding carboxylic acids is 1. The third-order valence-electron chi connectivity index (χ3n) is 2.31. The van der Waals surface area contributed by atoms with Crippen molar-refractivity contribution in [2.45, 2.75) is 25.8 Å². The van der Waals surface area contributed by atoms with Crippen molar-refractivity contribution in [3.8, 4) is 0 Å². The van der Waals surface area contributed by atoms with E-state index >= 15 is 0 Å². The highest BCUT2D eigenvalue weighted by atomic mass is 32.2. The van der Waals surface area contributed by atoms with Gasteiger partial charge in [-0.15, -0.1) is 0 Å². The van der Waals surface area contributed by atoms with Crippen molar-refractivity contribution in [2.24, 2.45) is 11.7 Å². The van der Waals surface area contributed by atoms with E-state index in [1.807, 2.05) is 0 Å². The fourth-order valence-corrected chi connectivity index (χ4v) is 2.85. The molecular formula is C9H18N2O3S. The van der Waals surface area contributed by atoms with Crippen LogP contribution >= 0.6 is 0 Å². The van der Waals surface area contributed by atoms with Gasteiger partial charge in [0.25, 0.3) is 0 Å². The second-order valence-corrected chi connectivity index (χ2v) is 6.37. The Morgan fingerprint density at radius 1 is 1.53 bits per heavy atom. The number of hydrogen-bond donors (Lipinski definition) is 2. The first kappa shape index (κ1) is 12.4. The van der Waals surface area contributed by atoms with Gasteiger partial charge in [-0.25, -0.2) is 8.42 Å². The first-order valence-electron chi connectivity index (χ1n) is 5.14. The lowest BCUT2D eigenvalue weighted by Gasteiger charge is -2.07. The van der Waals surface area contributed by atoms with Gasteiger partial charge in [-0.1, -0.05) is 0 Å². The third-order valence-corrected chi connectivity index (χ3v) is 4.12. The number of sulfone groups is 1. The summed E-state index contributed by atoms with van der Waals surface area (Å²) in [5.41, 5.74) is 5.32. The summed E-state index contributed by atoms with van der Waals surface area (Å²) in [4.78, 5) is 11.0. The zero-order valence-corrected chi connectivity index (χ0v) is 9.72. The van der Waals surface area contributed by atoms with E-state index in [1.165, 1.54) is 0 Å². The van der Waals surface area contributed by atoms with Crippen molar-refractivity contribution in [1.29, 1.82) is 0 Å². The van der Waals surface area contributed by atoms with Crippen LogP contribution < -0.4 is 11.1 Å². The van der Waals surface area contributed by atoms with E-state index < -0.39 is 15.9 Å². The molecule has 1 saturated carbocycles. The Labute approximate surface area is 90.3 Å². The molecule has 0 spiro atoms. The molecule has 0 radical (unpaired) electrons. The van der Waals surface area contributed by atoms with Crippen molar-refractivity contribution in [1.82, 2.24) is 5.32 Å². The molecule has 0 bridgehead atoms. The van der Waals surface area contributed by atoms with Gasteiger partial charge in [-0.2, -0.15) is 0 Å². The average Bonchev–Trinajstić information content (AvgIpc) is 2.86. The summed E-state index contributed by atoms with van der Waals surface area (Å²) in [5, 5.41) is 2.49. The summed E-state index contributed by atoms with van der Waals surface area (Å²) < 4.78 is 22.9. The van der Waals surface area contributed by atoms with Crippen LogP contribution in [0.5, 0.6) is 0 Å². The highest BCUT2D eigenvalue weighted by Crippen LogP contribution is 2.30. The molecule has 1 atom stereocenters. The predicted octanol–water partition coefficient (Wildman–Crippen LogP) is -0.725. The molecule has 0 saturated heterocycles. The highest BCUT2D eigenvalue weighted by Gasteiger charge is 2.27. The van der Waals surface area contributed by atoms with Crippen LogP contribution in [0.4, 0.5) is 0 Å². The number of nitrogens with one attached hydrogen (secondary N) is 1. The molecule has 5 nitrogen and oxygen atoms in total. The molecule has 88 valence electrons. The summed E-state index contributed by atoms with van der Waals surface area (Å²) in [6.45, 7) is 1.73. The normalized spacial score (nSPS) is 18.5. The predicted molar refractivity (Wildman–Crippen MR) is 58.0 cm³/mol. The Morgan fingerprint density at radius 2 is 2.13 bits per heavy atom. The zero-order valence-electron chi connectivity index (χ0n) is 8.90. The molecule has 15 heavy (non-hydrogen) atoms. The Morgan fingerprint density at radius 3 is 2.60 bits per heavy atom. The van der Waals surface area contributed by atoms with Crippen LogP contribution in [0.15, 0.2) is 0 Å². The maximum absolute atomic E-state index is 11.4. The van der Waals surface area contributed by atoms with Crippen molar-refractivity contribution >= 4 is 15.7 Å².